The predicted octanol–water partition coefficient (Wildman–Crippen LogP) is 3.44. The fraction of sp³-hybridized carbons (Fsp3) is 0.214. The van der Waals surface area contributed by atoms with E-state index in [-0.39, 0.29) is 0 Å². The highest BCUT2D eigenvalue weighted by atomic mass is 32.1. The van der Waals surface area contributed by atoms with Crippen LogP contribution in [0.25, 0.3) is 11.1 Å². The van der Waals surface area contributed by atoms with Crippen LogP contribution in [0.15, 0.2) is 22.9 Å². The summed E-state index contributed by atoms with van der Waals surface area (Å²) in [7, 11) is 3.13. The number of thiophene rings is 1. The molecule has 2 rings (SSSR count). The largest absolute Gasteiger partial charge is 0.493 e. The number of carboxylic acid groups (broad SMARTS) is 1. The van der Waals surface area contributed by atoms with Crippen molar-refractivity contribution in [3.05, 3.63) is 34.0 Å². The summed E-state index contributed by atoms with van der Waals surface area (Å²) < 4.78 is 10.5. The first kappa shape index (κ1) is 13.4. The maximum atomic E-state index is 11.2. The average Bonchev–Trinajstić information content (AvgIpc) is 2.87. The van der Waals surface area contributed by atoms with Gasteiger partial charge in [0.1, 0.15) is 0 Å². The Kier molecular flexibility index (Phi) is 3.76. The maximum Gasteiger partial charge on any atom is 0.337 e. The molecule has 5 heteroatoms. The van der Waals surface area contributed by atoms with Gasteiger partial charge >= 0.3 is 5.97 Å². The van der Waals surface area contributed by atoms with Gasteiger partial charge in [0.05, 0.1) is 19.8 Å². The van der Waals surface area contributed by atoms with Crippen molar-refractivity contribution in [2.75, 3.05) is 14.2 Å². The molecule has 1 aromatic heterocycles. The third-order valence-corrected chi connectivity index (χ3v) is 3.66. The number of carbonyl (C=O) groups is 1. The molecule has 1 N–H and O–H groups in total. The first-order valence-electron chi connectivity index (χ1n) is 5.61. The second-order valence-corrected chi connectivity index (χ2v) is 4.77. The summed E-state index contributed by atoms with van der Waals surface area (Å²) in [6.07, 6.45) is 0. The Morgan fingerprint density at radius 2 is 1.74 bits per heavy atom. The molecule has 2 aromatic rings. The van der Waals surface area contributed by atoms with Gasteiger partial charge in [0, 0.05) is 10.9 Å². The van der Waals surface area contributed by atoms with E-state index < -0.39 is 5.97 Å². The summed E-state index contributed by atoms with van der Waals surface area (Å²) in [5, 5.41) is 12.6. The van der Waals surface area contributed by atoms with Gasteiger partial charge in [-0.05, 0) is 35.6 Å². The molecule has 0 radical (unpaired) electrons. The molecule has 0 aliphatic carbocycles. The molecule has 100 valence electrons. The number of ether oxygens (including phenoxy) is 2. The lowest BCUT2D eigenvalue weighted by atomic mass is 9.99. The quantitative estimate of drug-likeness (QED) is 0.930. The summed E-state index contributed by atoms with van der Waals surface area (Å²) in [4.78, 5) is 11.2. The van der Waals surface area contributed by atoms with E-state index in [0.717, 1.165) is 11.1 Å². The molecule has 19 heavy (non-hydrogen) atoms. The second-order valence-electron chi connectivity index (χ2n) is 4.03. The highest BCUT2D eigenvalue weighted by Gasteiger charge is 2.17. The van der Waals surface area contributed by atoms with Crippen LogP contribution in [-0.2, 0) is 0 Å². The summed E-state index contributed by atoms with van der Waals surface area (Å²) in [5.74, 6) is 0.298. The topological polar surface area (TPSA) is 55.8 Å². The number of aromatic carboxylic acids is 1. The van der Waals surface area contributed by atoms with Crippen LogP contribution in [-0.4, -0.2) is 25.3 Å². The molecule has 0 bridgehead atoms. The molecule has 1 heterocycles. The lowest BCUT2D eigenvalue weighted by molar-refractivity contribution is 0.0698. The van der Waals surface area contributed by atoms with Crippen molar-refractivity contribution in [3.63, 3.8) is 0 Å². The Labute approximate surface area is 115 Å². The Morgan fingerprint density at radius 3 is 2.32 bits per heavy atom. The van der Waals surface area contributed by atoms with Gasteiger partial charge in [0.2, 0.25) is 0 Å². The lowest BCUT2D eigenvalue weighted by Crippen LogP contribution is -1.98. The van der Waals surface area contributed by atoms with Crippen LogP contribution in [0, 0.1) is 6.92 Å². The van der Waals surface area contributed by atoms with Crippen molar-refractivity contribution in [3.8, 4) is 22.6 Å². The van der Waals surface area contributed by atoms with Crippen LogP contribution >= 0.6 is 11.3 Å². The van der Waals surface area contributed by atoms with E-state index in [9.17, 15) is 9.90 Å². The molecule has 0 saturated heterocycles. The number of methoxy groups -OCH3 is 2. The van der Waals surface area contributed by atoms with Crippen LogP contribution < -0.4 is 9.47 Å². The van der Waals surface area contributed by atoms with E-state index in [2.05, 4.69) is 0 Å². The van der Waals surface area contributed by atoms with Gasteiger partial charge in [0.15, 0.2) is 11.5 Å². The average molecular weight is 278 g/mol. The van der Waals surface area contributed by atoms with Crippen molar-refractivity contribution in [2.24, 2.45) is 0 Å². The van der Waals surface area contributed by atoms with Gasteiger partial charge in [-0.1, -0.05) is 0 Å². The zero-order valence-corrected chi connectivity index (χ0v) is 11.7. The number of rotatable bonds is 4. The number of carboxylic acids is 1. The zero-order valence-electron chi connectivity index (χ0n) is 10.9. The minimum Gasteiger partial charge on any atom is -0.493 e. The highest BCUT2D eigenvalue weighted by molar-refractivity contribution is 7.08. The highest BCUT2D eigenvalue weighted by Crippen LogP contribution is 2.37. The second kappa shape index (κ2) is 5.32. The van der Waals surface area contributed by atoms with Gasteiger partial charge in [-0.15, -0.1) is 0 Å². The fourth-order valence-corrected chi connectivity index (χ4v) is 2.76. The zero-order chi connectivity index (χ0) is 14.0. The molecular weight excluding hydrogens is 264 g/mol. The third-order valence-electron chi connectivity index (χ3n) is 2.91. The number of hydrogen-bond donors (Lipinski definition) is 1. The molecule has 0 spiro atoms. The molecule has 0 unspecified atom stereocenters. The van der Waals surface area contributed by atoms with Crippen LogP contribution in [0.1, 0.15) is 15.9 Å². The third kappa shape index (κ3) is 2.42. The molecule has 0 fully saturated rings. The Balaban J connectivity index is 2.62. The number of hydrogen-bond acceptors (Lipinski definition) is 4. The summed E-state index contributed by atoms with van der Waals surface area (Å²) in [6, 6.07) is 3.65. The van der Waals surface area contributed by atoms with Gasteiger partial charge in [-0.3, -0.25) is 0 Å². The molecule has 0 atom stereocenters. The predicted molar refractivity (Wildman–Crippen MR) is 74.6 cm³/mol. The summed E-state index contributed by atoms with van der Waals surface area (Å²) in [5.41, 5.74) is 2.80. The first-order valence-corrected chi connectivity index (χ1v) is 6.55. The van der Waals surface area contributed by atoms with E-state index in [1.165, 1.54) is 11.3 Å². The number of benzene rings is 1. The van der Waals surface area contributed by atoms with E-state index in [1.807, 2.05) is 24.4 Å². The van der Waals surface area contributed by atoms with Crippen molar-refractivity contribution in [1.29, 1.82) is 0 Å². The van der Waals surface area contributed by atoms with Gasteiger partial charge < -0.3 is 14.6 Å². The number of aryl methyl sites for hydroxylation is 1. The minimum atomic E-state index is -0.926. The van der Waals surface area contributed by atoms with Gasteiger partial charge in [-0.25, -0.2) is 4.79 Å². The van der Waals surface area contributed by atoms with Crippen LogP contribution in [0.5, 0.6) is 11.5 Å². The molecule has 1 aromatic carbocycles. The molecule has 4 nitrogen and oxygen atoms in total. The van der Waals surface area contributed by atoms with Crippen molar-refractivity contribution in [1.82, 2.24) is 0 Å². The van der Waals surface area contributed by atoms with E-state index in [0.29, 0.717) is 22.6 Å². The smallest absolute Gasteiger partial charge is 0.337 e. The standard InChI is InChI=1S/C14H14O4S/c1-8-4-12(17-2)13(18-3)5-9(8)10-6-19-7-11(10)14(15)16/h4-7H,1-3H3,(H,15,16). The van der Waals surface area contributed by atoms with Crippen molar-refractivity contribution in [2.45, 2.75) is 6.92 Å². The van der Waals surface area contributed by atoms with Crippen LogP contribution in [0.3, 0.4) is 0 Å². The van der Waals surface area contributed by atoms with Crippen LogP contribution in [0.2, 0.25) is 0 Å². The lowest BCUT2D eigenvalue weighted by Gasteiger charge is -2.12. The van der Waals surface area contributed by atoms with Crippen LogP contribution in [0.4, 0.5) is 0 Å². The van der Waals surface area contributed by atoms with Crippen molar-refractivity contribution >= 4 is 17.3 Å². The summed E-state index contributed by atoms with van der Waals surface area (Å²) in [6.45, 7) is 1.92. The SMILES string of the molecule is COc1cc(C)c(-c2cscc2C(=O)O)cc1OC. The Bertz CT molecular complexity index is 616. The Hall–Kier alpha value is -2.01. The minimum absolute atomic E-state index is 0.306. The summed E-state index contributed by atoms with van der Waals surface area (Å²) >= 11 is 1.37. The molecule has 0 aliphatic rings. The fourth-order valence-electron chi connectivity index (χ4n) is 1.94. The first-order chi connectivity index (χ1) is 9.08. The van der Waals surface area contributed by atoms with E-state index in [1.54, 1.807) is 19.6 Å². The monoisotopic (exact) mass is 278 g/mol. The maximum absolute atomic E-state index is 11.2. The molecular formula is C14H14O4S. The molecule has 0 aliphatic heterocycles. The molecule has 0 saturated carbocycles. The van der Waals surface area contributed by atoms with Gasteiger partial charge in [0.25, 0.3) is 0 Å². The normalized spacial score (nSPS) is 10.3. The van der Waals surface area contributed by atoms with E-state index >= 15 is 0 Å². The molecule has 0 amide bonds. The van der Waals surface area contributed by atoms with Gasteiger partial charge in [-0.2, -0.15) is 11.3 Å². The Morgan fingerprint density at radius 1 is 1.11 bits per heavy atom. The van der Waals surface area contributed by atoms with Crippen molar-refractivity contribution < 1.29 is 19.4 Å². The van der Waals surface area contributed by atoms with E-state index in [4.69, 9.17) is 9.47 Å².